The average molecular weight is 287 g/mol. The first-order valence-electron chi connectivity index (χ1n) is 6.74. The Morgan fingerprint density at radius 1 is 1.05 bits per heavy atom. The molecule has 0 bridgehead atoms. The van der Waals surface area contributed by atoms with E-state index in [4.69, 9.17) is 24.7 Å². The molecule has 2 aromatic carbocycles. The van der Waals surface area contributed by atoms with Crippen LogP contribution < -0.4 is 19.9 Å². The molecule has 0 fully saturated rings. The molecule has 0 spiro atoms. The van der Waals surface area contributed by atoms with Gasteiger partial charge in [-0.25, -0.2) is 0 Å². The molecule has 2 aromatic rings. The number of hydrogen-bond acceptors (Lipinski definition) is 5. The fourth-order valence-corrected chi connectivity index (χ4v) is 2.10. The maximum Gasteiger partial charge on any atom is 0.231 e. The predicted octanol–water partition coefficient (Wildman–Crippen LogP) is 2.43. The minimum Gasteiger partial charge on any atom is -0.467 e. The highest BCUT2D eigenvalue weighted by Gasteiger charge is 2.17. The Morgan fingerprint density at radius 3 is 2.57 bits per heavy atom. The summed E-state index contributed by atoms with van der Waals surface area (Å²) in [5, 5.41) is 0. The normalized spacial score (nSPS) is 12.4. The Balaban J connectivity index is 1.57. The summed E-state index contributed by atoms with van der Waals surface area (Å²) in [4.78, 5) is 0. The van der Waals surface area contributed by atoms with E-state index in [9.17, 15) is 0 Å². The first-order valence-corrected chi connectivity index (χ1v) is 6.74. The van der Waals surface area contributed by atoms with Gasteiger partial charge in [0.25, 0.3) is 0 Å². The van der Waals surface area contributed by atoms with E-state index in [0.717, 1.165) is 11.1 Å². The number of rotatable bonds is 6. The fraction of sp³-hybridized carbons (Fsp3) is 0.250. The molecule has 3 rings (SSSR count). The highest BCUT2D eigenvalue weighted by atomic mass is 16.7. The van der Waals surface area contributed by atoms with Crippen molar-refractivity contribution < 1.29 is 18.9 Å². The van der Waals surface area contributed by atoms with E-state index >= 15 is 0 Å². The largest absolute Gasteiger partial charge is 0.467 e. The molecule has 0 radical (unpaired) electrons. The summed E-state index contributed by atoms with van der Waals surface area (Å²) in [6.45, 7) is 1.25. The lowest BCUT2D eigenvalue weighted by Crippen LogP contribution is -2.06. The summed E-state index contributed by atoms with van der Waals surface area (Å²) < 4.78 is 21.8. The summed E-state index contributed by atoms with van der Waals surface area (Å²) in [6, 6.07) is 13.6. The second-order valence-electron chi connectivity index (χ2n) is 4.61. The molecule has 1 aliphatic rings. The van der Waals surface area contributed by atoms with Gasteiger partial charge < -0.3 is 24.7 Å². The molecule has 5 nitrogen and oxygen atoms in total. The smallest absolute Gasteiger partial charge is 0.231 e. The SMILES string of the molecule is NCc1cc2c(cc1OCOCc1ccccc1)OCO2. The minimum atomic E-state index is 0.154. The van der Waals surface area contributed by atoms with Gasteiger partial charge in [-0.2, -0.15) is 0 Å². The molecule has 110 valence electrons. The van der Waals surface area contributed by atoms with E-state index in [1.54, 1.807) is 6.07 Å². The van der Waals surface area contributed by atoms with Crippen LogP contribution in [-0.4, -0.2) is 13.6 Å². The van der Waals surface area contributed by atoms with Crippen molar-refractivity contribution in [2.45, 2.75) is 13.2 Å². The quantitative estimate of drug-likeness (QED) is 0.653. The standard InChI is InChI=1S/C16H17NO4/c17-8-13-6-15-16(21-11-20-15)7-14(13)19-10-18-9-12-4-2-1-3-5-12/h1-7H,8-11,17H2. The van der Waals surface area contributed by atoms with Gasteiger partial charge in [0.2, 0.25) is 6.79 Å². The Hall–Kier alpha value is -2.24. The van der Waals surface area contributed by atoms with Crippen molar-refractivity contribution >= 4 is 0 Å². The van der Waals surface area contributed by atoms with E-state index in [1.807, 2.05) is 36.4 Å². The first-order chi connectivity index (χ1) is 10.4. The summed E-state index contributed by atoms with van der Waals surface area (Å²) in [7, 11) is 0. The number of fused-ring (bicyclic) bond motifs is 1. The van der Waals surface area contributed by atoms with E-state index in [1.165, 1.54) is 0 Å². The fourth-order valence-electron chi connectivity index (χ4n) is 2.10. The van der Waals surface area contributed by atoms with Gasteiger partial charge in [-0.05, 0) is 11.6 Å². The summed E-state index contributed by atoms with van der Waals surface area (Å²) in [6.07, 6.45) is 0. The molecule has 0 saturated carbocycles. The highest BCUT2D eigenvalue weighted by molar-refractivity contribution is 5.51. The highest BCUT2D eigenvalue weighted by Crippen LogP contribution is 2.38. The molecule has 1 aliphatic heterocycles. The van der Waals surface area contributed by atoms with Crippen LogP contribution >= 0.6 is 0 Å². The lowest BCUT2D eigenvalue weighted by atomic mass is 10.2. The van der Waals surface area contributed by atoms with Gasteiger partial charge in [-0.1, -0.05) is 30.3 Å². The maximum absolute atomic E-state index is 5.72. The van der Waals surface area contributed by atoms with Crippen molar-refractivity contribution in [3.05, 3.63) is 53.6 Å². The molecule has 0 atom stereocenters. The molecule has 0 aromatic heterocycles. The van der Waals surface area contributed by atoms with Gasteiger partial charge >= 0.3 is 0 Å². The van der Waals surface area contributed by atoms with Gasteiger partial charge in [-0.15, -0.1) is 0 Å². The second-order valence-corrected chi connectivity index (χ2v) is 4.61. The molecule has 21 heavy (non-hydrogen) atoms. The van der Waals surface area contributed by atoms with Crippen LogP contribution in [-0.2, 0) is 17.9 Å². The summed E-state index contributed by atoms with van der Waals surface area (Å²) in [5.41, 5.74) is 7.69. The lowest BCUT2D eigenvalue weighted by Gasteiger charge is -2.12. The molecule has 0 unspecified atom stereocenters. The minimum absolute atomic E-state index is 0.154. The van der Waals surface area contributed by atoms with E-state index in [-0.39, 0.29) is 13.6 Å². The molecular formula is C16H17NO4. The maximum atomic E-state index is 5.72. The Bertz CT molecular complexity index is 601. The van der Waals surface area contributed by atoms with Gasteiger partial charge in [0.15, 0.2) is 18.3 Å². The van der Waals surface area contributed by atoms with E-state index in [0.29, 0.717) is 30.4 Å². The zero-order chi connectivity index (χ0) is 14.5. The lowest BCUT2D eigenvalue weighted by molar-refractivity contribution is 0.00447. The van der Waals surface area contributed by atoms with Crippen LogP contribution in [0.2, 0.25) is 0 Å². The monoisotopic (exact) mass is 287 g/mol. The molecule has 0 aliphatic carbocycles. The van der Waals surface area contributed by atoms with Crippen molar-refractivity contribution in [2.75, 3.05) is 13.6 Å². The number of hydrogen-bond donors (Lipinski definition) is 1. The number of nitrogens with two attached hydrogens (primary N) is 1. The number of ether oxygens (including phenoxy) is 4. The van der Waals surface area contributed by atoms with Crippen LogP contribution in [0, 0.1) is 0 Å². The van der Waals surface area contributed by atoms with E-state index < -0.39 is 0 Å². The van der Waals surface area contributed by atoms with Crippen LogP contribution in [0.1, 0.15) is 11.1 Å². The summed E-state index contributed by atoms with van der Waals surface area (Å²) >= 11 is 0. The topological polar surface area (TPSA) is 62.9 Å². The third-order valence-corrected chi connectivity index (χ3v) is 3.18. The van der Waals surface area contributed by atoms with Crippen molar-refractivity contribution in [3.63, 3.8) is 0 Å². The van der Waals surface area contributed by atoms with Gasteiger partial charge in [0, 0.05) is 18.2 Å². The van der Waals surface area contributed by atoms with Crippen LogP contribution in [0.3, 0.4) is 0 Å². The first kappa shape index (κ1) is 13.7. The van der Waals surface area contributed by atoms with Gasteiger partial charge in [0.05, 0.1) is 6.61 Å². The predicted molar refractivity (Wildman–Crippen MR) is 77.2 cm³/mol. The molecule has 2 N–H and O–H groups in total. The van der Waals surface area contributed by atoms with Gasteiger partial charge in [-0.3, -0.25) is 0 Å². The number of benzene rings is 2. The average Bonchev–Trinajstić information content (AvgIpc) is 2.99. The molecule has 1 heterocycles. The summed E-state index contributed by atoms with van der Waals surface area (Å²) in [5.74, 6) is 2.04. The molecule has 0 amide bonds. The zero-order valence-corrected chi connectivity index (χ0v) is 11.6. The second kappa shape index (κ2) is 6.47. The van der Waals surface area contributed by atoms with Crippen LogP contribution in [0.25, 0.3) is 0 Å². The Labute approximate surface area is 123 Å². The zero-order valence-electron chi connectivity index (χ0n) is 11.6. The molecule has 0 saturated heterocycles. The third-order valence-electron chi connectivity index (χ3n) is 3.18. The van der Waals surface area contributed by atoms with Crippen LogP contribution in [0.15, 0.2) is 42.5 Å². The molecule has 5 heteroatoms. The van der Waals surface area contributed by atoms with Gasteiger partial charge in [0.1, 0.15) is 5.75 Å². The third kappa shape index (κ3) is 3.26. The Morgan fingerprint density at radius 2 is 1.81 bits per heavy atom. The van der Waals surface area contributed by atoms with Crippen molar-refractivity contribution in [1.82, 2.24) is 0 Å². The van der Waals surface area contributed by atoms with Crippen molar-refractivity contribution in [3.8, 4) is 17.2 Å². The van der Waals surface area contributed by atoms with Crippen LogP contribution in [0.4, 0.5) is 0 Å². The Kier molecular flexibility index (Phi) is 4.23. The van der Waals surface area contributed by atoms with E-state index in [2.05, 4.69) is 0 Å². The molecular weight excluding hydrogens is 270 g/mol. The van der Waals surface area contributed by atoms with Crippen molar-refractivity contribution in [2.24, 2.45) is 5.73 Å². The van der Waals surface area contributed by atoms with Crippen molar-refractivity contribution in [1.29, 1.82) is 0 Å². The van der Waals surface area contributed by atoms with Crippen LogP contribution in [0.5, 0.6) is 17.2 Å².